The maximum atomic E-state index is 12.4. The maximum Gasteiger partial charge on any atom is 0.573 e. The Morgan fingerprint density at radius 3 is 2.46 bits per heavy atom. The summed E-state index contributed by atoms with van der Waals surface area (Å²) in [6.07, 6.45) is -1.50. The fourth-order valence-electron chi connectivity index (χ4n) is 2.83. The highest BCUT2D eigenvalue weighted by atomic mass is 19.4. The normalized spacial score (nSPS) is 15.7. The highest BCUT2D eigenvalue weighted by Gasteiger charge is 2.31. The minimum atomic E-state index is -4.73. The molecule has 9 heteroatoms. The highest BCUT2D eigenvalue weighted by Crippen LogP contribution is 2.26. The van der Waals surface area contributed by atoms with Crippen molar-refractivity contribution in [3.05, 3.63) is 35.7 Å². The van der Waals surface area contributed by atoms with Gasteiger partial charge in [0.25, 0.3) is 5.91 Å². The number of carbonyl (C=O) groups excluding carboxylic acids is 1. The van der Waals surface area contributed by atoms with Gasteiger partial charge in [0.2, 0.25) is 0 Å². The zero-order valence-electron chi connectivity index (χ0n) is 14.2. The number of carbonyl (C=O) groups is 1. The smallest absolute Gasteiger partial charge is 0.406 e. The highest BCUT2D eigenvalue weighted by molar-refractivity contribution is 5.93. The van der Waals surface area contributed by atoms with Crippen molar-refractivity contribution in [1.82, 2.24) is 20.4 Å². The molecule has 140 valence electrons. The van der Waals surface area contributed by atoms with Crippen LogP contribution in [0, 0.1) is 6.92 Å². The number of aromatic amines is 1. The van der Waals surface area contributed by atoms with Gasteiger partial charge in [0, 0.05) is 24.3 Å². The van der Waals surface area contributed by atoms with E-state index in [0.717, 1.165) is 32.4 Å². The van der Waals surface area contributed by atoms with Gasteiger partial charge >= 0.3 is 6.36 Å². The van der Waals surface area contributed by atoms with Crippen molar-refractivity contribution in [2.45, 2.75) is 32.5 Å². The molecule has 1 fully saturated rings. The van der Waals surface area contributed by atoms with E-state index in [9.17, 15) is 18.0 Å². The molecular weight excluding hydrogens is 349 g/mol. The van der Waals surface area contributed by atoms with Crippen LogP contribution in [0.5, 0.6) is 5.75 Å². The van der Waals surface area contributed by atoms with Gasteiger partial charge in [0.05, 0.1) is 0 Å². The number of nitrogens with zero attached hydrogens (tertiary/aromatic N) is 2. The lowest BCUT2D eigenvalue weighted by Crippen LogP contribution is -2.45. The van der Waals surface area contributed by atoms with E-state index in [-0.39, 0.29) is 17.4 Å². The van der Waals surface area contributed by atoms with Crippen molar-refractivity contribution in [2.75, 3.05) is 13.1 Å². The number of nitrogens with one attached hydrogen (secondary N) is 2. The van der Waals surface area contributed by atoms with Crippen LogP contribution >= 0.6 is 0 Å². The fraction of sp³-hybridized carbons (Fsp3) is 0.412. The first kappa shape index (κ1) is 18.2. The summed E-state index contributed by atoms with van der Waals surface area (Å²) < 4.78 is 40.5. The van der Waals surface area contributed by atoms with Gasteiger partial charge in [0.15, 0.2) is 5.69 Å². The molecule has 1 saturated heterocycles. The van der Waals surface area contributed by atoms with Gasteiger partial charge < -0.3 is 9.72 Å². The van der Waals surface area contributed by atoms with Crippen molar-refractivity contribution >= 4 is 5.91 Å². The molecule has 26 heavy (non-hydrogen) atoms. The number of aromatic nitrogens is 2. The van der Waals surface area contributed by atoms with E-state index in [1.165, 1.54) is 24.3 Å². The summed E-state index contributed by atoms with van der Waals surface area (Å²) >= 11 is 0. The molecule has 2 heterocycles. The number of imidazole rings is 1. The molecule has 1 amide bonds. The molecule has 0 aliphatic carbocycles. The molecule has 3 rings (SSSR count). The number of hydrogen-bond donors (Lipinski definition) is 2. The minimum Gasteiger partial charge on any atom is -0.406 e. The second-order valence-corrected chi connectivity index (χ2v) is 6.12. The summed E-state index contributed by atoms with van der Waals surface area (Å²) in [4.78, 5) is 19.7. The van der Waals surface area contributed by atoms with Crippen LogP contribution in [-0.4, -0.2) is 40.3 Å². The Balaban J connectivity index is 1.72. The maximum absolute atomic E-state index is 12.4. The average Bonchev–Trinajstić information content (AvgIpc) is 2.97. The number of halogens is 3. The largest absolute Gasteiger partial charge is 0.573 e. The number of rotatable bonds is 4. The van der Waals surface area contributed by atoms with Crippen LogP contribution in [0.4, 0.5) is 13.2 Å². The van der Waals surface area contributed by atoms with Gasteiger partial charge in [-0.2, -0.15) is 0 Å². The SMILES string of the molecule is Cc1[nH]c(-c2ccc(OC(F)(F)F)cc2)nc1C(=O)NN1CCCCC1. The predicted octanol–water partition coefficient (Wildman–Crippen LogP) is 3.41. The molecule has 1 aromatic carbocycles. The number of hydrogen-bond acceptors (Lipinski definition) is 4. The molecule has 2 N–H and O–H groups in total. The van der Waals surface area contributed by atoms with Crippen LogP contribution in [0.3, 0.4) is 0 Å². The molecule has 6 nitrogen and oxygen atoms in total. The van der Waals surface area contributed by atoms with E-state index in [1.54, 1.807) is 6.92 Å². The number of H-pyrrole nitrogens is 1. The van der Waals surface area contributed by atoms with Crippen molar-refractivity contribution in [3.8, 4) is 17.1 Å². The Morgan fingerprint density at radius 2 is 1.85 bits per heavy atom. The molecule has 1 aliphatic rings. The molecule has 0 bridgehead atoms. The number of amides is 1. The van der Waals surface area contributed by atoms with E-state index < -0.39 is 6.36 Å². The van der Waals surface area contributed by atoms with E-state index in [0.29, 0.717) is 17.1 Å². The number of ether oxygens (including phenoxy) is 1. The summed E-state index contributed by atoms with van der Waals surface area (Å²) in [6.45, 7) is 3.34. The molecule has 0 unspecified atom stereocenters. The fourth-order valence-corrected chi connectivity index (χ4v) is 2.83. The third-order valence-electron chi connectivity index (χ3n) is 4.08. The minimum absolute atomic E-state index is 0.265. The van der Waals surface area contributed by atoms with Gasteiger partial charge in [-0.25, -0.2) is 9.99 Å². The Kier molecular flexibility index (Phi) is 5.17. The van der Waals surface area contributed by atoms with E-state index >= 15 is 0 Å². The van der Waals surface area contributed by atoms with E-state index in [2.05, 4.69) is 20.1 Å². The Labute approximate surface area is 148 Å². The summed E-state index contributed by atoms with van der Waals surface area (Å²) in [5.41, 5.74) is 4.25. The van der Waals surface area contributed by atoms with E-state index in [1.807, 2.05) is 5.01 Å². The van der Waals surface area contributed by atoms with Crippen molar-refractivity contribution in [3.63, 3.8) is 0 Å². The summed E-state index contributed by atoms with van der Waals surface area (Å²) in [5.74, 6) is -0.207. The van der Waals surface area contributed by atoms with Crippen molar-refractivity contribution < 1.29 is 22.7 Å². The third kappa shape index (κ3) is 4.54. The number of piperidine rings is 1. The molecule has 0 spiro atoms. The lowest BCUT2D eigenvalue weighted by Gasteiger charge is -2.26. The van der Waals surface area contributed by atoms with E-state index in [4.69, 9.17) is 0 Å². The zero-order chi connectivity index (χ0) is 18.7. The predicted molar refractivity (Wildman–Crippen MR) is 88.3 cm³/mol. The molecule has 1 aliphatic heterocycles. The summed E-state index contributed by atoms with van der Waals surface area (Å²) in [7, 11) is 0. The zero-order valence-corrected chi connectivity index (χ0v) is 14.2. The van der Waals surface area contributed by atoms with Gasteiger partial charge in [-0.05, 0) is 44.0 Å². The van der Waals surface area contributed by atoms with Gasteiger partial charge in [-0.1, -0.05) is 6.42 Å². The lowest BCUT2D eigenvalue weighted by molar-refractivity contribution is -0.274. The lowest BCUT2D eigenvalue weighted by atomic mass is 10.2. The van der Waals surface area contributed by atoms with Crippen molar-refractivity contribution in [2.24, 2.45) is 0 Å². The standard InChI is InChI=1S/C17H19F3N4O2/c1-11-14(16(25)23-24-9-3-2-4-10-24)22-15(21-11)12-5-7-13(8-6-12)26-17(18,19)20/h5-8H,2-4,9-10H2,1H3,(H,21,22)(H,23,25). The molecule has 2 aromatic rings. The van der Waals surface area contributed by atoms with Crippen LogP contribution in [0.2, 0.25) is 0 Å². The number of alkyl halides is 3. The first-order chi connectivity index (χ1) is 12.3. The van der Waals surface area contributed by atoms with Crippen LogP contribution < -0.4 is 10.2 Å². The molecular formula is C17H19F3N4O2. The third-order valence-corrected chi connectivity index (χ3v) is 4.08. The number of benzene rings is 1. The quantitative estimate of drug-likeness (QED) is 0.868. The van der Waals surface area contributed by atoms with Gasteiger partial charge in [-0.3, -0.25) is 10.2 Å². The van der Waals surface area contributed by atoms with Crippen LogP contribution in [0.1, 0.15) is 35.4 Å². The Bertz CT molecular complexity index is 765. The molecule has 0 radical (unpaired) electrons. The second-order valence-electron chi connectivity index (χ2n) is 6.12. The average molecular weight is 368 g/mol. The van der Waals surface area contributed by atoms with Gasteiger partial charge in [0.1, 0.15) is 11.6 Å². The van der Waals surface area contributed by atoms with Crippen LogP contribution in [-0.2, 0) is 0 Å². The monoisotopic (exact) mass is 368 g/mol. The van der Waals surface area contributed by atoms with Crippen LogP contribution in [0.25, 0.3) is 11.4 Å². The first-order valence-electron chi connectivity index (χ1n) is 8.30. The number of hydrazine groups is 1. The molecule has 0 atom stereocenters. The second kappa shape index (κ2) is 7.36. The first-order valence-corrected chi connectivity index (χ1v) is 8.30. The van der Waals surface area contributed by atoms with Crippen LogP contribution in [0.15, 0.2) is 24.3 Å². The topological polar surface area (TPSA) is 70.2 Å². The van der Waals surface area contributed by atoms with Crippen molar-refractivity contribution in [1.29, 1.82) is 0 Å². The molecule has 1 aromatic heterocycles. The Morgan fingerprint density at radius 1 is 1.19 bits per heavy atom. The summed E-state index contributed by atoms with van der Waals surface area (Å²) in [6, 6.07) is 5.31. The summed E-state index contributed by atoms with van der Waals surface area (Å²) in [5, 5.41) is 1.88. The number of aryl methyl sites for hydroxylation is 1. The molecule has 0 saturated carbocycles. The van der Waals surface area contributed by atoms with Gasteiger partial charge in [-0.15, -0.1) is 13.2 Å². The Hall–Kier alpha value is -2.55.